The molecule has 0 unspecified atom stereocenters. The van der Waals surface area contributed by atoms with Gasteiger partial charge in [-0.25, -0.2) is 17.9 Å². The predicted molar refractivity (Wildman–Crippen MR) is 97.6 cm³/mol. The van der Waals surface area contributed by atoms with E-state index in [1.807, 2.05) is 0 Å². The van der Waals surface area contributed by atoms with Crippen LogP contribution in [-0.4, -0.2) is 33.3 Å². The lowest BCUT2D eigenvalue weighted by Gasteiger charge is -2.07. The molecule has 2 aromatic carbocycles. The maximum atomic E-state index is 12.8. The molecular weight excluding hydrogens is 373 g/mol. The van der Waals surface area contributed by atoms with Crippen molar-refractivity contribution in [1.29, 1.82) is 0 Å². The number of nitrogens with two attached hydrogens (primary N) is 1. The second-order valence-corrected chi connectivity index (χ2v) is 7.39. The summed E-state index contributed by atoms with van der Waals surface area (Å²) in [5.41, 5.74) is 1.64. The van der Waals surface area contributed by atoms with Crippen molar-refractivity contribution in [3.63, 3.8) is 0 Å². The molecule has 27 heavy (non-hydrogen) atoms. The number of carbonyl (C=O) groups is 2. The van der Waals surface area contributed by atoms with Gasteiger partial charge in [-0.05, 0) is 48.2 Å². The summed E-state index contributed by atoms with van der Waals surface area (Å²) in [5.74, 6) is -1.83. The standard InChI is InChI=1S/C18H20FN3O4S/c19-15-5-1-13(2-6-15)9-11-21-17(23)18(24)22-12-10-14-3-7-16(8-4-14)27(20,25)26/h1-8H,9-12H2,(H,21,23)(H,22,24)(H2,20,25,26). The molecule has 0 aliphatic carbocycles. The fourth-order valence-electron chi connectivity index (χ4n) is 2.30. The first-order valence-corrected chi connectivity index (χ1v) is 9.72. The highest BCUT2D eigenvalue weighted by Gasteiger charge is 2.12. The van der Waals surface area contributed by atoms with Crippen LogP contribution in [0.1, 0.15) is 11.1 Å². The predicted octanol–water partition coefficient (Wildman–Crippen LogP) is 0.491. The molecule has 0 aliphatic heterocycles. The summed E-state index contributed by atoms with van der Waals surface area (Å²) in [7, 11) is -3.74. The van der Waals surface area contributed by atoms with Crippen molar-refractivity contribution < 1.29 is 22.4 Å². The molecule has 2 amide bonds. The fraction of sp³-hybridized carbons (Fsp3) is 0.222. The summed E-state index contributed by atoms with van der Waals surface area (Å²) < 4.78 is 35.1. The van der Waals surface area contributed by atoms with Gasteiger partial charge in [-0.15, -0.1) is 0 Å². The van der Waals surface area contributed by atoms with Gasteiger partial charge in [0.1, 0.15) is 5.82 Å². The Kier molecular flexibility index (Phi) is 7.03. The van der Waals surface area contributed by atoms with Crippen molar-refractivity contribution in [2.75, 3.05) is 13.1 Å². The summed E-state index contributed by atoms with van der Waals surface area (Å²) in [5, 5.41) is 10.00. The van der Waals surface area contributed by atoms with Crippen molar-refractivity contribution in [1.82, 2.24) is 10.6 Å². The minimum atomic E-state index is -3.74. The van der Waals surface area contributed by atoms with Crippen LogP contribution in [0.15, 0.2) is 53.4 Å². The molecule has 0 radical (unpaired) electrons. The number of amides is 2. The van der Waals surface area contributed by atoms with Gasteiger partial charge in [0.05, 0.1) is 4.90 Å². The van der Waals surface area contributed by atoms with Gasteiger partial charge < -0.3 is 10.6 Å². The summed E-state index contributed by atoms with van der Waals surface area (Å²) in [6.07, 6.45) is 0.912. The monoisotopic (exact) mass is 393 g/mol. The number of hydrogen-bond donors (Lipinski definition) is 3. The van der Waals surface area contributed by atoms with Crippen molar-refractivity contribution in [3.8, 4) is 0 Å². The number of halogens is 1. The topological polar surface area (TPSA) is 118 Å². The molecule has 0 aromatic heterocycles. The van der Waals surface area contributed by atoms with Crippen molar-refractivity contribution in [2.45, 2.75) is 17.7 Å². The molecule has 0 spiro atoms. The van der Waals surface area contributed by atoms with E-state index in [9.17, 15) is 22.4 Å². The highest BCUT2D eigenvalue weighted by Crippen LogP contribution is 2.08. The van der Waals surface area contributed by atoms with Crippen LogP contribution in [0.3, 0.4) is 0 Å². The van der Waals surface area contributed by atoms with E-state index >= 15 is 0 Å². The number of hydrogen-bond acceptors (Lipinski definition) is 4. The zero-order valence-corrected chi connectivity index (χ0v) is 15.3. The number of nitrogens with one attached hydrogen (secondary N) is 2. The smallest absolute Gasteiger partial charge is 0.309 e. The maximum absolute atomic E-state index is 12.8. The summed E-state index contributed by atoms with van der Waals surface area (Å²) >= 11 is 0. The van der Waals surface area contributed by atoms with Crippen LogP contribution < -0.4 is 15.8 Å². The zero-order valence-electron chi connectivity index (χ0n) is 14.4. The first-order valence-electron chi connectivity index (χ1n) is 8.18. The average Bonchev–Trinajstić information content (AvgIpc) is 2.63. The number of benzene rings is 2. The van der Waals surface area contributed by atoms with E-state index in [2.05, 4.69) is 10.6 Å². The second kappa shape index (κ2) is 9.24. The van der Waals surface area contributed by atoms with Gasteiger partial charge in [-0.3, -0.25) is 9.59 Å². The fourth-order valence-corrected chi connectivity index (χ4v) is 2.81. The highest BCUT2D eigenvalue weighted by atomic mass is 32.2. The lowest BCUT2D eigenvalue weighted by Crippen LogP contribution is -2.41. The van der Waals surface area contributed by atoms with Crippen LogP contribution >= 0.6 is 0 Å². The lowest BCUT2D eigenvalue weighted by atomic mass is 10.1. The molecular formula is C18H20FN3O4S. The van der Waals surface area contributed by atoms with E-state index in [1.54, 1.807) is 24.3 Å². The Morgan fingerprint density at radius 1 is 0.815 bits per heavy atom. The molecule has 2 aromatic rings. The van der Waals surface area contributed by atoms with E-state index in [-0.39, 0.29) is 23.8 Å². The second-order valence-electron chi connectivity index (χ2n) is 5.83. The van der Waals surface area contributed by atoms with E-state index in [0.29, 0.717) is 12.8 Å². The van der Waals surface area contributed by atoms with Crippen LogP contribution in [-0.2, 0) is 32.5 Å². The minimum absolute atomic E-state index is 0.0100. The third kappa shape index (κ3) is 6.80. The van der Waals surface area contributed by atoms with Crippen LogP contribution in [0.25, 0.3) is 0 Å². The number of sulfonamides is 1. The van der Waals surface area contributed by atoms with Gasteiger partial charge in [0.25, 0.3) is 0 Å². The van der Waals surface area contributed by atoms with Crippen LogP contribution in [0.2, 0.25) is 0 Å². The van der Waals surface area contributed by atoms with Crippen molar-refractivity contribution in [2.24, 2.45) is 5.14 Å². The molecule has 0 aliphatic rings. The maximum Gasteiger partial charge on any atom is 0.309 e. The molecule has 0 heterocycles. The highest BCUT2D eigenvalue weighted by molar-refractivity contribution is 7.89. The molecule has 0 saturated heterocycles. The third-order valence-corrected chi connectivity index (χ3v) is 4.70. The largest absolute Gasteiger partial charge is 0.348 e. The SMILES string of the molecule is NS(=O)(=O)c1ccc(CCNC(=O)C(=O)NCCc2ccc(F)cc2)cc1. The first kappa shape index (κ1) is 20.5. The van der Waals surface area contributed by atoms with Crippen molar-refractivity contribution in [3.05, 3.63) is 65.5 Å². The molecule has 0 saturated carbocycles. The molecule has 7 nitrogen and oxygen atoms in total. The molecule has 0 fully saturated rings. The number of primary sulfonamides is 1. The van der Waals surface area contributed by atoms with E-state index < -0.39 is 21.8 Å². The van der Waals surface area contributed by atoms with Gasteiger partial charge in [0.2, 0.25) is 10.0 Å². The molecule has 2 rings (SSSR count). The minimum Gasteiger partial charge on any atom is -0.348 e. The Morgan fingerprint density at radius 2 is 1.22 bits per heavy atom. The van der Waals surface area contributed by atoms with E-state index in [1.165, 1.54) is 24.3 Å². The van der Waals surface area contributed by atoms with E-state index in [0.717, 1.165) is 11.1 Å². The van der Waals surface area contributed by atoms with Gasteiger partial charge in [-0.1, -0.05) is 24.3 Å². The van der Waals surface area contributed by atoms with Gasteiger partial charge in [0.15, 0.2) is 0 Å². The lowest BCUT2D eigenvalue weighted by molar-refractivity contribution is -0.139. The number of carbonyl (C=O) groups excluding carboxylic acids is 2. The Labute approximate surface area is 156 Å². The Balaban J connectivity index is 1.70. The summed E-state index contributed by atoms with van der Waals surface area (Å²) in [6.45, 7) is 0.478. The van der Waals surface area contributed by atoms with Gasteiger partial charge in [-0.2, -0.15) is 0 Å². The van der Waals surface area contributed by atoms with Gasteiger partial charge >= 0.3 is 11.8 Å². The molecule has 144 valence electrons. The Bertz CT molecular complexity index is 897. The zero-order chi connectivity index (χ0) is 19.9. The quantitative estimate of drug-likeness (QED) is 0.593. The molecule has 4 N–H and O–H groups in total. The Hall–Kier alpha value is -2.78. The summed E-state index contributed by atoms with van der Waals surface area (Å²) in [4.78, 5) is 23.5. The third-order valence-electron chi connectivity index (χ3n) is 3.77. The van der Waals surface area contributed by atoms with Gasteiger partial charge in [0, 0.05) is 13.1 Å². The van der Waals surface area contributed by atoms with Crippen LogP contribution in [0.4, 0.5) is 4.39 Å². The average molecular weight is 393 g/mol. The number of rotatable bonds is 7. The Morgan fingerprint density at radius 3 is 1.63 bits per heavy atom. The normalized spacial score (nSPS) is 11.0. The van der Waals surface area contributed by atoms with Crippen molar-refractivity contribution >= 4 is 21.8 Å². The summed E-state index contributed by atoms with van der Waals surface area (Å²) in [6, 6.07) is 11.8. The molecule has 9 heteroatoms. The van der Waals surface area contributed by atoms with Crippen LogP contribution in [0, 0.1) is 5.82 Å². The van der Waals surface area contributed by atoms with Crippen LogP contribution in [0.5, 0.6) is 0 Å². The first-order chi connectivity index (χ1) is 12.8. The van der Waals surface area contributed by atoms with E-state index in [4.69, 9.17) is 5.14 Å². The molecule has 0 bridgehead atoms. The molecule has 0 atom stereocenters.